The lowest BCUT2D eigenvalue weighted by atomic mass is 10.4. The summed E-state index contributed by atoms with van der Waals surface area (Å²) in [7, 11) is 0. The zero-order valence-corrected chi connectivity index (χ0v) is 7.01. The molecule has 0 unspecified atom stereocenters. The highest BCUT2D eigenvalue weighted by Gasteiger charge is 1.89. The van der Waals surface area contributed by atoms with E-state index in [4.69, 9.17) is 0 Å². The predicted octanol–water partition coefficient (Wildman–Crippen LogP) is 2.37. The summed E-state index contributed by atoms with van der Waals surface area (Å²) in [6.07, 6.45) is 1.59. The number of thioether (sulfide) groups is 1. The Bertz CT molecular complexity index is 208. The van der Waals surface area contributed by atoms with Crippen molar-refractivity contribution in [3.8, 4) is 0 Å². The van der Waals surface area contributed by atoms with Crippen LogP contribution in [0.1, 0.15) is 6.42 Å². The predicted molar refractivity (Wildman–Crippen MR) is 47.8 cm³/mol. The Morgan fingerprint density at radius 3 is 2.64 bits per heavy atom. The lowest BCUT2D eigenvalue weighted by Crippen LogP contribution is -1.79. The Kier molecular flexibility index (Phi) is 3.76. The van der Waals surface area contributed by atoms with E-state index in [0.29, 0.717) is 6.42 Å². The molecule has 0 radical (unpaired) electrons. The van der Waals surface area contributed by atoms with Crippen molar-refractivity contribution in [1.29, 1.82) is 0 Å². The van der Waals surface area contributed by atoms with Gasteiger partial charge < -0.3 is 4.79 Å². The molecule has 0 atom stereocenters. The first-order valence-electron chi connectivity index (χ1n) is 3.55. The lowest BCUT2D eigenvalue weighted by Gasteiger charge is -1.95. The summed E-state index contributed by atoms with van der Waals surface area (Å²) in [5.41, 5.74) is 0. The SMILES string of the molecule is O=CCCSc1ccccc1. The molecule has 0 saturated heterocycles. The second kappa shape index (κ2) is 4.97. The molecule has 0 aromatic heterocycles. The van der Waals surface area contributed by atoms with Gasteiger partial charge in [-0.3, -0.25) is 0 Å². The van der Waals surface area contributed by atoms with Crippen molar-refractivity contribution in [3.05, 3.63) is 30.3 Å². The fourth-order valence-corrected chi connectivity index (χ4v) is 1.54. The summed E-state index contributed by atoms with van der Waals surface area (Å²) in [6, 6.07) is 10.1. The molecule has 0 heterocycles. The Morgan fingerprint density at radius 2 is 2.00 bits per heavy atom. The summed E-state index contributed by atoms with van der Waals surface area (Å²) in [4.78, 5) is 11.2. The standard InChI is InChI=1S/C9H10OS/c10-7-4-8-11-9-5-2-1-3-6-9/h1-3,5-7H,4,8H2. The number of carbonyl (C=O) groups is 1. The lowest BCUT2D eigenvalue weighted by molar-refractivity contribution is -0.107. The molecule has 1 aromatic rings. The van der Waals surface area contributed by atoms with Crippen LogP contribution in [0, 0.1) is 0 Å². The summed E-state index contributed by atoms with van der Waals surface area (Å²) < 4.78 is 0. The third kappa shape index (κ3) is 3.23. The average Bonchev–Trinajstić information content (AvgIpc) is 2.07. The summed E-state index contributed by atoms with van der Waals surface area (Å²) in [5, 5.41) is 0. The first-order valence-corrected chi connectivity index (χ1v) is 4.53. The van der Waals surface area contributed by atoms with E-state index < -0.39 is 0 Å². The average molecular weight is 166 g/mol. The smallest absolute Gasteiger partial charge is 0.120 e. The Morgan fingerprint density at radius 1 is 1.27 bits per heavy atom. The minimum absolute atomic E-state index is 0.638. The largest absolute Gasteiger partial charge is 0.303 e. The van der Waals surface area contributed by atoms with Crippen LogP contribution in [0.25, 0.3) is 0 Å². The van der Waals surface area contributed by atoms with E-state index in [2.05, 4.69) is 12.1 Å². The monoisotopic (exact) mass is 166 g/mol. The van der Waals surface area contributed by atoms with Crippen LogP contribution in [0.4, 0.5) is 0 Å². The zero-order valence-electron chi connectivity index (χ0n) is 6.19. The number of aldehydes is 1. The van der Waals surface area contributed by atoms with Gasteiger partial charge >= 0.3 is 0 Å². The molecule has 0 fully saturated rings. The molecule has 2 heteroatoms. The van der Waals surface area contributed by atoms with Crippen LogP contribution in [0.5, 0.6) is 0 Å². The van der Waals surface area contributed by atoms with Crippen molar-refractivity contribution in [2.75, 3.05) is 5.75 Å². The maximum Gasteiger partial charge on any atom is 0.120 e. The minimum Gasteiger partial charge on any atom is -0.303 e. The molecule has 1 nitrogen and oxygen atoms in total. The molecule has 1 aromatic carbocycles. The summed E-state index contributed by atoms with van der Waals surface area (Å²) in [6.45, 7) is 0. The molecule has 0 aliphatic carbocycles. The molecule has 0 aliphatic heterocycles. The van der Waals surface area contributed by atoms with E-state index in [-0.39, 0.29) is 0 Å². The second-order valence-corrected chi connectivity index (χ2v) is 3.29. The van der Waals surface area contributed by atoms with Gasteiger partial charge in [0.15, 0.2) is 0 Å². The number of hydrogen-bond donors (Lipinski definition) is 0. The fourth-order valence-electron chi connectivity index (χ4n) is 0.742. The van der Waals surface area contributed by atoms with Crippen molar-refractivity contribution in [2.45, 2.75) is 11.3 Å². The topological polar surface area (TPSA) is 17.1 Å². The van der Waals surface area contributed by atoms with Gasteiger partial charge in [-0.2, -0.15) is 0 Å². The van der Waals surface area contributed by atoms with E-state index in [1.165, 1.54) is 4.90 Å². The third-order valence-corrected chi connectivity index (χ3v) is 2.29. The maximum atomic E-state index is 9.98. The van der Waals surface area contributed by atoms with Gasteiger partial charge in [-0.25, -0.2) is 0 Å². The van der Waals surface area contributed by atoms with Gasteiger partial charge in [0.05, 0.1) is 0 Å². The first-order chi connectivity index (χ1) is 5.43. The third-order valence-electron chi connectivity index (χ3n) is 1.25. The molecule has 1 rings (SSSR count). The Labute approximate surface area is 70.8 Å². The number of carbonyl (C=O) groups excluding carboxylic acids is 1. The molecule has 0 aliphatic rings. The molecule has 0 spiro atoms. The van der Waals surface area contributed by atoms with Gasteiger partial charge in [0.1, 0.15) is 6.29 Å². The van der Waals surface area contributed by atoms with E-state index in [1.807, 2.05) is 18.2 Å². The summed E-state index contributed by atoms with van der Waals surface area (Å²) in [5.74, 6) is 0.882. The second-order valence-electron chi connectivity index (χ2n) is 2.12. The highest BCUT2D eigenvalue weighted by Crippen LogP contribution is 2.16. The number of rotatable bonds is 4. The van der Waals surface area contributed by atoms with E-state index in [0.717, 1.165) is 12.0 Å². The highest BCUT2D eigenvalue weighted by molar-refractivity contribution is 7.99. The Hall–Kier alpha value is -0.760. The normalized spacial score (nSPS) is 9.45. The molecule has 0 bridgehead atoms. The highest BCUT2D eigenvalue weighted by atomic mass is 32.2. The van der Waals surface area contributed by atoms with Crippen LogP contribution in [-0.4, -0.2) is 12.0 Å². The molecule has 0 N–H and O–H groups in total. The van der Waals surface area contributed by atoms with Gasteiger partial charge in [-0.05, 0) is 12.1 Å². The Balaban J connectivity index is 2.33. The van der Waals surface area contributed by atoms with Crippen molar-refractivity contribution in [2.24, 2.45) is 0 Å². The zero-order chi connectivity index (χ0) is 7.94. The maximum absolute atomic E-state index is 9.98. The van der Waals surface area contributed by atoms with Crippen LogP contribution < -0.4 is 0 Å². The van der Waals surface area contributed by atoms with E-state index in [1.54, 1.807) is 11.8 Å². The molecular formula is C9H10OS. The van der Waals surface area contributed by atoms with Gasteiger partial charge in [0.25, 0.3) is 0 Å². The van der Waals surface area contributed by atoms with Crippen LogP contribution in [0.15, 0.2) is 35.2 Å². The first kappa shape index (κ1) is 8.34. The number of benzene rings is 1. The van der Waals surface area contributed by atoms with Gasteiger partial charge in [-0.1, -0.05) is 18.2 Å². The van der Waals surface area contributed by atoms with E-state index in [9.17, 15) is 4.79 Å². The van der Waals surface area contributed by atoms with Crippen LogP contribution in [0.3, 0.4) is 0 Å². The number of hydrogen-bond acceptors (Lipinski definition) is 2. The van der Waals surface area contributed by atoms with Gasteiger partial charge in [0.2, 0.25) is 0 Å². The minimum atomic E-state index is 0.638. The van der Waals surface area contributed by atoms with Gasteiger partial charge in [0, 0.05) is 17.1 Å². The van der Waals surface area contributed by atoms with Crippen molar-refractivity contribution in [3.63, 3.8) is 0 Å². The van der Waals surface area contributed by atoms with Crippen LogP contribution >= 0.6 is 11.8 Å². The molecule has 0 amide bonds. The van der Waals surface area contributed by atoms with Crippen LogP contribution in [-0.2, 0) is 4.79 Å². The molecule has 0 saturated carbocycles. The summed E-state index contributed by atoms with van der Waals surface area (Å²) >= 11 is 1.71. The molecular weight excluding hydrogens is 156 g/mol. The molecule has 11 heavy (non-hydrogen) atoms. The van der Waals surface area contributed by atoms with E-state index >= 15 is 0 Å². The van der Waals surface area contributed by atoms with Crippen molar-refractivity contribution in [1.82, 2.24) is 0 Å². The van der Waals surface area contributed by atoms with Crippen molar-refractivity contribution >= 4 is 18.0 Å². The van der Waals surface area contributed by atoms with Crippen LogP contribution in [0.2, 0.25) is 0 Å². The van der Waals surface area contributed by atoms with Gasteiger partial charge in [-0.15, -0.1) is 11.8 Å². The fraction of sp³-hybridized carbons (Fsp3) is 0.222. The molecule has 58 valence electrons. The quantitative estimate of drug-likeness (QED) is 0.388. The van der Waals surface area contributed by atoms with Crippen molar-refractivity contribution < 1.29 is 4.79 Å².